The zero-order valence-corrected chi connectivity index (χ0v) is 19.0. The molecule has 164 valence electrons. The lowest BCUT2D eigenvalue weighted by Crippen LogP contribution is -2.36. The molecule has 0 aliphatic carbocycles. The Morgan fingerprint density at radius 3 is 2.43 bits per heavy atom. The molecule has 0 atom stereocenters. The molecule has 1 aromatic carbocycles. The predicted molar refractivity (Wildman–Crippen MR) is 123 cm³/mol. The first kappa shape index (κ1) is 23.5. The Bertz CT molecular complexity index is 836. The lowest BCUT2D eigenvalue weighted by Gasteiger charge is -2.13. The molecule has 0 fully saturated rings. The predicted octanol–water partition coefficient (Wildman–Crippen LogP) is 3.09. The molecule has 30 heavy (non-hydrogen) atoms. The van der Waals surface area contributed by atoms with E-state index in [-0.39, 0.29) is 12.5 Å². The van der Waals surface area contributed by atoms with Crippen LogP contribution in [0.1, 0.15) is 36.1 Å². The number of carbonyl (C=O) groups is 1. The molecule has 2 aromatic rings. The van der Waals surface area contributed by atoms with Crippen LogP contribution in [0.15, 0.2) is 35.3 Å². The molecule has 0 aliphatic rings. The van der Waals surface area contributed by atoms with Crippen molar-refractivity contribution in [2.75, 3.05) is 26.8 Å². The number of nitrogens with one attached hydrogen (secondary N) is 3. The van der Waals surface area contributed by atoms with Crippen LogP contribution in [0.3, 0.4) is 0 Å². The van der Waals surface area contributed by atoms with Crippen LogP contribution in [-0.2, 0) is 24.3 Å². The number of hydrogen-bond acceptors (Lipinski definition) is 5. The molecule has 7 nitrogen and oxygen atoms in total. The van der Waals surface area contributed by atoms with Crippen molar-refractivity contribution < 1.29 is 14.3 Å². The fraction of sp³-hybridized carbons (Fsp3) is 0.455. The van der Waals surface area contributed by atoms with Crippen molar-refractivity contribution >= 4 is 23.2 Å². The fourth-order valence-electron chi connectivity index (χ4n) is 2.71. The quantitative estimate of drug-likeness (QED) is 0.375. The third-order valence-electron chi connectivity index (χ3n) is 4.22. The number of ether oxygens (including phenoxy) is 2. The second kappa shape index (κ2) is 12.7. The molecule has 0 spiro atoms. The van der Waals surface area contributed by atoms with Gasteiger partial charge < -0.3 is 25.4 Å². The number of thiophene rings is 1. The van der Waals surface area contributed by atoms with E-state index < -0.39 is 0 Å². The van der Waals surface area contributed by atoms with Crippen LogP contribution in [0, 0.1) is 0 Å². The Morgan fingerprint density at radius 2 is 1.77 bits per heavy atom. The van der Waals surface area contributed by atoms with Crippen LogP contribution in [0.4, 0.5) is 0 Å². The highest BCUT2D eigenvalue weighted by molar-refractivity contribution is 7.11. The van der Waals surface area contributed by atoms with Gasteiger partial charge in [0.15, 0.2) is 24.1 Å². The first-order valence-electron chi connectivity index (χ1n) is 10.3. The molecule has 1 aromatic heterocycles. The van der Waals surface area contributed by atoms with Crippen molar-refractivity contribution in [1.29, 1.82) is 0 Å². The first-order chi connectivity index (χ1) is 14.6. The number of aliphatic imine (C=N–C) groups is 1. The SMILES string of the molecule is CCNC(=O)COc1ccc(CN=C(NCC)NCc2ccc(CC)s2)cc1OC. The Hall–Kier alpha value is -2.74. The molecule has 0 radical (unpaired) electrons. The minimum Gasteiger partial charge on any atom is -0.493 e. The standard InChI is InChI=1S/C22H32N4O3S/c1-5-17-9-10-18(30-17)14-26-22(24-7-3)25-13-16-8-11-19(20(12-16)28-4)29-15-21(27)23-6-2/h8-12H,5-7,13-15H2,1-4H3,(H,23,27)(H2,24,25,26). The number of methoxy groups -OCH3 is 1. The van der Waals surface area contributed by atoms with E-state index in [0.717, 1.165) is 31.0 Å². The maximum Gasteiger partial charge on any atom is 0.257 e. The van der Waals surface area contributed by atoms with E-state index in [1.165, 1.54) is 9.75 Å². The lowest BCUT2D eigenvalue weighted by molar-refractivity contribution is -0.123. The lowest BCUT2D eigenvalue weighted by atomic mass is 10.2. The van der Waals surface area contributed by atoms with Gasteiger partial charge in [-0.05, 0) is 50.1 Å². The van der Waals surface area contributed by atoms with Crippen molar-refractivity contribution in [3.8, 4) is 11.5 Å². The van der Waals surface area contributed by atoms with E-state index in [1.54, 1.807) is 13.2 Å². The number of amides is 1. The molecule has 0 saturated carbocycles. The molecular formula is C22H32N4O3S. The van der Waals surface area contributed by atoms with Gasteiger partial charge in [0, 0.05) is 22.8 Å². The number of rotatable bonds is 11. The number of hydrogen-bond donors (Lipinski definition) is 3. The molecule has 3 N–H and O–H groups in total. The molecular weight excluding hydrogens is 400 g/mol. The molecule has 1 heterocycles. The highest BCUT2D eigenvalue weighted by Gasteiger charge is 2.09. The number of aryl methyl sites for hydroxylation is 1. The maximum atomic E-state index is 11.6. The minimum absolute atomic E-state index is 0.0430. The summed E-state index contributed by atoms with van der Waals surface area (Å²) in [6.07, 6.45) is 1.06. The van der Waals surface area contributed by atoms with Crippen LogP contribution in [0.5, 0.6) is 11.5 Å². The van der Waals surface area contributed by atoms with Crippen LogP contribution in [0.2, 0.25) is 0 Å². The summed E-state index contributed by atoms with van der Waals surface area (Å²) in [4.78, 5) is 18.9. The van der Waals surface area contributed by atoms with Gasteiger partial charge in [-0.3, -0.25) is 4.79 Å². The summed E-state index contributed by atoms with van der Waals surface area (Å²) in [7, 11) is 1.58. The van der Waals surface area contributed by atoms with E-state index in [0.29, 0.717) is 24.6 Å². The van der Waals surface area contributed by atoms with E-state index in [2.05, 4.69) is 40.0 Å². The van der Waals surface area contributed by atoms with Crippen molar-refractivity contribution in [3.63, 3.8) is 0 Å². The number of likely N-dealkylation sites (N-methyl/N-ethyl adjacent to an activating group) is 1. The topological polar surface area (TPSA) is 84.0 Å². The average Bonchev–Trinajstić information content (AvgIpc) is 3.22. The highest BCUT2D eigenvalue weighted by Crippen LogP contribution is 2.28. The average molecular weight is 433 g/mol. The van der Waals surface area contributed by atoms with Gasteiger partial charge in [0.1, 0.15) is 0 Å². The van der Waals surface area contributed by atoms with Crippen molar-refractivity contribution in [3.05, 3.63) is 45.6 Å². The number of guanidine groups is 1. The van der Waals surface area contributed by atoms with Gasteiger partial charge in [0.2, 0.25) is 0 Å². The Morgan fingerprint density at radius 1 is 1.00 bits per heavy atom. The molecule has 0 unspecified atom stereocenters. The normalized spacial score (nSPS) is 11.1. The number of carbonyl (C=O) groups excluding carboxylic acids is 1. The van der Waals surface area contributed by atoms with Gasteiger partial charge in [0.25, 0.3) is 5.91 Å². The van der Waals surface area contributed by atoms with E-state index in [9.17, 15) is 4.79 Å². The summed E-state index contributed by atoms with van der Waals surface area (Å²) in [5.41, 5.74) is 0.985. The van der Waals surface area contributed by atoms with E-state index in [1.807, 2.05) is 37.3 Å². The summed E-state index contributed by atoms with van der Waals surface area (Å²) in [5, 5.41) is 9.35. The van der Waals surface area contributed by atoms with E-state index in [4.69, 9.17) is 9.47 Å². The van der Waals surface area contributed by atoms with Gasteiger partial charge in [-0.1, -0.05) is 13.0 Å². The smallest absolute Gasteiger partial charge is 0.257 e. The summed E-state index contributed by atoms with van der Waals surface area (Å²) in [5.74, 6) is 1.72. The van der Waals surface area contributed by atoms with Gasteiger partial charge >= 0.3 is 0 Å². The second-order valence-electron chi connectivity index (χ2n) is 6.50. The Labute approximate surface area is 182 Å². The van der Waals surface area contributed by atoms with Crippen LogP contribution in [-0.4, -0.2) is 38.7 Å². The molecule has 0 saturated heterocycles. The van der Waals surface area contributed by atoms with Crippen molar-refractivity contribution in [2.24, 2.45) is 4.99 Å². The largest absolute Gasteiger partial charge is 0.493 e. The fourth-order valence-corrected chi connectivity index (χ4v) is 3.61. The Kier molecular flexibility index (Phi) is 10.00. The third kappa shape index (κ3) is 7.59. The van der Waals surface area contributed by atoms with Crippen LogP contribution < -0.4 is 25.4 Å². The summed E-state index contributed by atoms with van der Waals surface area (Å²) >= 11 is 1.82. The van der Waals surface area contributed by atoms with Crippen LogP contribution >= 0.6 is 11.3 Å². The summed E-state index contributed by atoms with van der Waals surface area (Å²) < 4.78 is 11.0. The molecule has 8 heteroatoms. The maximum absolute atomic E-state index is 11.6. The van der Waals surface area contributed by atoms with E-state index >= 15 is 0 Å². The van der Waals surface area contributed by atoms with Crippen molar-refractivity contribution in [1.82, 2.24) is 16.0 Å². The second-order valence-corrected chi connectivity index (χ2v) is 7.75. The molecule has 0 bridgehead atoms. The summed E-state index contributed by atoms with van der Waals surface area (Å²) in [6.45, 7) is 8.63. The van der Waals surface area contributed by atoms with Gasteiger partial charge in [-0.2, -0.15) is 0 Å². The first-order valence-corrected chi connectivity index (χ1v) is 11.1. The van der Waals surface area contributed by atoms with Gasteiger partial charge in [-0.25, -0.2) is 4.99 Å². The zero-order chi connectivity index (χ0) is 21.8. The van der Waals surface area contributed by atoms with Crippen LogP contribution in [0.25, 0.3) is 0 Å². The highest BCUT2D eigenvalue weighted by atomic mass is 32.1. The molecule has 2 rings (SSSR count). The molecule has 1 amide bonds. The minimum atomic E-state index is -0.161. The van der Waals surface area contributed by atoms with Gasteiger partial charge in [-0.15, -0.1) is 11.3 Å². The summed E-state index contributed by atoms with van der Waals surface area (Å²) in [6, 6.07) is 9.95. The number of benzene rings is 1. The Balaban J connectivity index is 1.98. The zero-order valence-electron chi connectivity index (χ0n) is 18.2. The number of nitrogens with zero attached hydrogens (tertiary/aromatic N) is 1. The monoisotopic (exact) mass is 432 g/mol. The van der Waals surface area contributed by atoms with Crippen molar-refractivity contribution in [2.45, 2.75) is 40.3 Å². The molecule has 0 aliphatic heterocycles. The van der Waals surface area contributed by atoms with Gasteiger partial charge in [0.05, 0.1) is 20.2 Å². The third-order valence-corrected chi connectivity index (χ3v) is 5.45.